The summed E-state index contributed by atoms with van der Waals surface area (Å²) in [4.78, 5) is 4.15. The Morgan fingerprint density at radius 1 is 1.47 bits per heavy atom. The molecule has 2 atom stereocenters. The van der Waals surface area contributed by atoms with Crippen molar-refractivity contribution < 1.29 is 0 Å². The standard InChI is InChI=1S/C14H23N3/c1-2-7-16-13-6-5-11(10-13)9-12-4-3-8-17-14(12)15/h3-4,8,11,13,16H,2,5-7,9-10H2,1H3,(H2,15,17). The Labute approximate surface area is 104 Å². The molecule has 3 nitrogen and oxygen atoms in total. The topological polar surface area (TPSA) is 50.9 Å². The second-order valence-electron chi connectivity index (χ2n) is 5.08. The molecule has 2 unspecified atom stereocenters. The molecule has 1 heterocycles. The van der Waals surface area contributed by atoms with Crippen molar-refractivity contribution in [1.29, 1.82) is 0 Å². The lowest BCUT2D eigenvalue weighted by Crippen LogP contribution is -2.27. The maximum atomic E-state index is 5.89. The molecular formula is C14H23N3. The highest BCUT2D eigenvalue weighted by molar-refractivity contribution is 5.38. The Morgan fingerprint density at radius 2 is 2.35 bits per heavy atom. The summed E-state index contributed by atoms with van der Waals surface area (Å²) in [7, 11) is 0. The van der Waals surface area contributed by atoms with Crippen LogP contribution in [0.4, 0.5) is 5.82 Å². The third kappa shape index (κ3) is 3.43. The summed E-state index contributed by atoms with van der Waals surface area (Å²) in [5.41, 5.74) is 7.10. The van der Waals surface area contributed by atoms with Crippen molar-refractivity contribution >= 4 is 5.82 Å². The molecule has 2 rings (SSSR count). The van der Waals surface area contributed by atoms with E-state index in [9.17, 15) is 0 Å². The quantitative estimate of drug-likeness (QED) is 0.821. The molecule has 17 heavy (non-hydrogen) atoms. The van der Waals surface area contributed by atoms with Gasteiger partial charge in [0.25, 0.3) is 0 Å². The lowest BCUT2D eigenvalue weighted by atomic mass is 9.98. The Hall–Kier alpha value is -1.09. The van der Waals surface area contributed by atoms with Crippen LogP contribution in [0.5, 0.6) is 0 Å². The molecule has 0 aliphatic heterocycles. The number of aromatic nitrogens is 1. The normalized spacial score (nSPS) is 24.1. The van der Waals surface area contributed by atoms with Crippen LogP contribution >= 0.6 is 0 Å². The Bertz CT molecular complexity index is 351. The van der Waals surface area contributed by atoms with E-state index in [0.29, 0.717) is 5.82 Å². The van der Waals surface area contributed by atoms with Gasteiger partial charge in [-0.1, -0.05) is 13.0 Å². The van der Waals surface area contributed by atoms with Crippen molar-refractivity contribution in [3.63, 3.8) is 0 Å². The fourth-order valence-electron chi connectivity index (χ4n) is 2.73. The monoisotopic (exact) mass is 233 g/mol. The van der Waals surface area contributed by atoms with E-state index in [4.69, 9.17) is 5.73 Å². The molecule has 1 aliphatic carbocycles. The highest BCUT2D eigenvalue weighted by Gasteiger charge is 2.24. The average Bonchev–Trinajstić information content (AvgIpc) is 2.77. The fourth-order valence-corrected chi connectivity index (χ4v) is 2.73. The van der Waals surface area contributed by atoms with E-state index < -0.39 is 0 Å². The zero-order valence-corrected chi connectivity index (χ0v) is 10.7. The molecule has 1 fully saturated rings. The zero-order chi connectivity index (χ0) is 12.1. The lowest BCUT2D eigenvalue weighted by Gasteiger charge is -2.13. The van der Waals surface area contributed by atoms with E-state index in [-0.39, 0.29) is 0 Å². The molecule has 94 valence electrons. The summed E-state index contributed by atoms with van der Waals surface area (Å²) in [6, 6.07) is 4.81. The van der Waals surface area contributed by atoms with Crippen LogP contribution in [0.15, 0.2) is 18.3 Å². The van der Waals surface area contributed by atoms with Crippen LogP contribution in [0.3, 0.4) is 0 Å². The molecule has 1 aromatic heterocycles. The minimum atomic E-state index is 0.706. The van der Waals surface area contributed by atoms with Crippen molar-refractivity contribution in [1.82, 2.24) is 10.3 Å². The number of rotatable bonds is 5. The zero-order valence-electron chi connectivity index (χ0n) is 10.7. The van der Waals surface area contributed by atoms with Crippen LogP contribution in [0, 0.1) is 5.92 Å². The molecule has 0 spiro atoms. The Kier molecular flexibility index (Phi) is 4.37. The first kappa shape index (κ1) is 12.4. The second-order valence-corrected chi connectivity index (χ2v) is 5.08. The number of hydrogen-bond acceptors (Lipinski definition) is 3. The number of nitrogens with two attached hydrogens (primary N) is 1. The average molecular weight is 233 g/mol. The lowest BCUT2D eigenvalue weighted by molar-refractivity contribution is 0.484. The van der Waals surface area contributed by atoms with E-state index >= 15 is 0 Å². The van der Waals surface area contributed by atoms with Crippen molar-refractivity contribution in [2.24, 2.45) is 5.92 Å². The molecule has 0 amide bonds. The predicted octanol–water partition coefficient (Wildman–Crippen LogP) is 2.37. The smallest absolute Gasteiger partial charge is 0.126 e. The molecule has 1 aliphatic rings. The van der Waals surface area contributed by atoms with Gasteiger partial charge in [-0.15, -0.1) is 0 Å². The van der Waals surface area contributed by atoms with E-state index in [1.807, 2.05) is 6.07 Å². The van der Waals surface area contributed by atoms with Crippen molar-refractivity contribution in [2.45, 2.75) is 45.1 Å². The van der Waals surface area contributed by atoms with Gasteiger partial charge in [-0.2, -0.15) is 0 Å². The number of anilines is 1. The Morgan fingerprint density at radius 3 is 3.12 bits per heavy atom. The summed E-state index contributed by atoms with van der Waals surface area (Å²) in [5, 5.41) is 3.61. The van der Waals surface area contributed by atoms with Crippen LogP contribution < -0.4 is 11.1 Å². The summed E-state index contributed by atoms with van der Waals surface area (Å²) < 4.78 is 0. The number of nitrogens with zero attached hydrogens (tertiary/aromatic N) is 1. The van der Waals surface area contributed by atoms with Gasteiger partial charge in [0.1, 0.15) is 5.82 Å². The van der Waals surface area contributed by atoms with Gasteiger partial charge in [0.15, 0.2) is 0 Å². The SMILES string of the molecule is CCCNC1CCC(Cc2cccnc2N)C1. The Balaban J connectivity index is 1.83. The highest BCUT2D eigenvalue weighted by Crippen LogP contribution is 2.29. The number of hydrogen-bond donors (Lipinski definition) is 2. The van der Waals surface area contributed by atoms with Gasteiger partial charge in [0.05, 0.1) is 0 Å². The first-order chi connectivity index (χ1) is 8.29. The second kappa shape index (κ2) is 6.01. The van der Waals surface area contributed by atoms with Crippen LogP contribution in [0.1, 0.15) is 38.2 Å². The van der Waals surface area contributed by atoms with Crippen LogP contribution in [-0.4, -0.2) is 17.6 Å². The molecule has 0 radical (unpaired) electrons. The van der Waals surface area contributed by atoms with Crippen molar-refractivity contribution in [2.75, 3.05) is 12.3 Å². The van der Waals surface area contributed by atoms with Gasteiger partial charge in [-0.05, 0) is 56.2 Å². The molecule has 3 heteroatoms. The van der Waals surface area contributed by atoms with Gasteiger partial charge in [-0.25, -0.2) is 4.98 Å². The van der Waals surface area contributed by atoms with E-state index in [1.54, 1.807) is 6.20 Å². The van der Waals surface area contributed by atoms with Crippen molar-refractivity contribution in [3.8, 4) is 0 Å². The number of pyridine rings is 1. The molecular weight excluding hydrogens is 210 g/mol. The molecule has 3 N–H and O–H groups in total. The van der Waals surface area contributed by atoms with Gasteiger partial charge in [-0.3, -0.25) is 0 Å². The fraction of sp³-hybridized carbons (Fsp3) is 0.643. The van der Waals surface area contributed by atoms with Gasteiger partial charge in [0, 0.05) is 12.2 Å². The van der Waals surface area contributed by atoms with Crippen LogP contribution in [-0.2, 0) is 6.42 Å². The largest absolute Gasteiger partial charge is 0.383 e. The van der Waals surface area contributed by atoms with Gasteiger partial charge in [0.2, 0.25) is 0 Å². The summed E-state index contributed by atoms with van der Waals surface area (Å²) >= 11 is 0. The van der Waals surface area contributed by atoms with Crippen LogP contribution in [0.2, 0.25) is 0 Å². The molecule has 0 saturated heterocycles. The molecule has 0 aromatic carbocycles. The van der Waals surface area contributed by atoms with E-state index in [0.717, 1.165) is 24.9 Å². The minimum absolute atomic E-state index is 0.706. The maximum absolute atomic E-state index is 5.89. The number of nitrogens with one attached hydrogen (secondary N) is 1. The predicted molar refractivity (Wildman–Crippen MR) is 71.8 cm³/mol. The summed E-state index contributed by atoms with van der Waals surface area (Å²) in [6.45, 7) is 3.36. The maximum Gasteiger partial charge on any atom is 0.126 e. The van der Waals surface area contributed by atoms with Gasteiger partial charge >= 0.3 is 0 Å². The van der Waals surface area contributed by atoms with Gasteiger partial charge < -0.3 is 11.1 Å². The first-order valence-corrected chi connectivity index (χ1v) is 6.72. The minimum Gasteiger partial charge on any atom is -0.383 e. The summed E-state index contributed by atoms with van der Waals surface area (Å²) in [6.07, 6.45) is 7.98. The molecule has 0 bridgehead atoms. The first-order valence-electron chi connectivity index (χ1n) is 6.72. The highest BCUT2D eigenvalue weighted by atomic mass is 14.9. The third-order valence-corrected chi connectivity index (χ3v) is 3.66. The van der Waals surface area contributed by atoms with Crippen LogP contribution in [0.25, 0.3) is 0 Å². The molecule has 1 saturated carbocycles. The van der Waals surface area contributed by atoms with E-state index in [2.05, 4.69) is 23.3 Å². The third-order valence-electron chi connectivity index (χ3n) is 3.66. The van der Waals surface area contributed by atoms with Crippen molar-refractivity contribution in [3.05, 3.63) is 23.9 Å². The summed E-state index contributed by atoms with van der Waals surface area (Å²) in [5.74, 6) is 1.48. The molecule has 1 aromatic rings. The number of nitrogen functional groups attached to an aromatic ring is 1. The van der Waals surface area contributed by atoms with E-state index in [1.165, 1.54) is 31.2 Å².